The van der Waals surface area contributed by atoms with Gasteiger partial charge in [-0.25, -0.2) is 4.98 Å². The summed E-state index contributed by atoms with van der Waals surface area (Å²) in [6.45, 7) is 2.26. The van der Waals surface area contributed by atoms with E-state index in [1.807, 2.05) is 12.1 Å². The van der Waals surface area contributed by atoms with Crippen LogP contribution < -0.4 is 5.32 Å². The van der Waals surface area contributed by atoms with Crippen LogP contribution >= 0.6 is 11.6 Å². The number of anilines is 1. The number of hydrogen-bond donors (Lipinski definition) is 1. The highest BCUT2D eigenvalue weighted by molar-refractivity contribution is 6.32. The molecule has 0 radical (unpaired) electrons. The second-order valence-corrected chi connectivity index (χ2v) is 4.16. The molecule has 1 aromatic rings. The summed E-state index contributed by atoms with van der Waals surface area (Å²) in [4.78, 5) is 4.18. The Kier molecular flexibility index (Phi) is 2.40. The van der Waals surface area contributed by atoms with Crippen molar-refractivity contribution in [3.63, 3.8) is 0 Å². The fourth-order valence-electron chi connectivity index (χ4n) is 1.71. The van der Waals surface area contributed by atoms with Gasteiger partial charge in [-0.3, -0.25) is 0 Å². The van der Waals surface area contributed by atoms with Crippen LogP contribution in [0.1, 0.15) is 19.8 Å². The molecule has 0 bridgehead atoms. The van der Waals surface area contributed by atoms with Gasteiger partial charge in [0.05, 0.1) is 5.02 Å². The maximum absolute atomic E-state index is 5.96. The number of pyridine rings is 1. The van der Waals surface area contributed by atoms with Crippen molar-refractivity contribution < 1.29 is 0 Å². The lowest BCUT2D eigenvalue weighted by molar-refractivity contribution is 0.308. The maximum atomic E-state index is 5.96. The normalized spacial score (nSPS) is 26.6. The van der Waals surface area contributed by atoms with Crippen LogP contribution in [0, 0.1) is 5.92 Å². The fraction of sp³-hybridized carbons (Fsp3) is 0.500. The molecule has 2 rings (SSSR count). The van der Waals surface area contributed by atoms with Crippen LogP contribution in [0.4, 0.5) is 5.82 Å². The molecular formula is C10H13ClN2. The standard InChI is InChI=1S/C10H13ClN2/c1-7-5-8(6-7)13-10-9(11)3-2-4-12-10/h2-4,7-8H,5-6H2,1H3,(H,12,13). The zero-order chi connectivity index (χ0) is 9.26. The number of aromatic nitrogens is 1. The molecule has 3 heteroatoms. The third kappa shape index (κ3) is 1.94. The molecule has 0 saturated heterocycles. The van der Waals surface area contributed by atoms with E-state index in [2.05, 4.69) is 17.2 Å². The predicted molar refractivity (Wildman–Crippen MR) is 55.1 cm³/mol. The largest absolute Gasteiger partial charge is 0.366 e. The number of hydrogen-bond acceptors (Lipinski definition) is 2. The summed E-state index contributed by atoms with van der Waals surface area (Å²) in [5.41, 5.74) is 0. The Labute approximate surface area is 83.3 Å². The molecule has 1 saturated carbocycles. The minimum absolute atomic E-state index is 0.572. The molecule has 1 N–H and O–H groups in total. The lowest BCUT2D eigenvalue weighted by Crippen LogP contribution is -2.34. The summed E-state index contributed by atoms with van der Waals surface area (Å²) in [5.74, 6) is 1.67. The third-order valence-electron chi connectivity index (χ3n) is 2.47. The molecule has 0 spiro atoms. The zero-order valence-corrected chi connectivity index (χ0v) is 8.38. The number of nitrogens with one attached hydrogen (secondary N) is 1. The van der Waals surface area contributed by atoms with Crippen LogP contribution in [0.3, 0.4) is 0 Å². The molecule has 13 heavy (non-hydrogen) atoms. The first-order chi connectivity index (χ1) is 6.25. The Bertz CT molecular complexity index is 295. The van der Waals surface area contributed by atoms with E-state index >= 15 is 0 Å². The Balaban J connectivity index is 1.98. The summed E-state index contributed by atoms with van der Waals surface area (Å²) in [5, 5.41) is 4.04. The Morgan fingerprint density at radius 1 is 1.54 bits per heavy atom. The molecule has 0 aromatic carbocycles. The molecule has 0 unspecified atom stereocenters. The quantitative estimate of drug-likeness (QED) is 0.787. The van der Waals surface area contributed by atoms with Gasteiger partial charge in [0.2, 0.25) is 0 Å². The molecule has 1 heterocycles. The topological polar surface area (TPSA) is 24.9 Å². The zero-order valence-electron chi connectivity index (χ0n) is 7.63. The summed E-state index contributed by atoms with van der Waals surface area (Å²) in [6, 6.07) is 4.28. The van der Waals surface area contributed by atoms with Crippen molar-refractivity contribution in [3.05, 3.63) is 23.4 Å². The average Bonchev–Trinajstić information content (AvgIpc) is 2.06. The molecular weight excluding hydrogens is 184 g/mol. The Morgan fingerprint density at radius 2 is 2.31 bits per heavy atom. The molecule has 0 amide bonds. The van der Waals surface area contributed by atoms with Gasteiger partial charge in [0.15, 0.2) is 0 Å². The Hall–Kier alpha value is -0.760. The van der Waals surface area contributed by atoms with Crippen molar-refractivity contribution in [1.82, 2.24) is 4.98 Å². The SMILES string of the molecule is CC1CC(Nc2ncccc2Cl)C1. The minimum Gasteiger partial charge on any atom is -0.366 e. The monoisotopic (exact) mass is 196 g/mol. The van der Waals surface area contributed by atoms with E-state index in [9.17, 15) is 0 Å². The number of nitrogens with zero attached hydrogens (tertiary/aromatic N) is 1. The molecule has 1 fully saturated rings. The van der Waals surface area contributed by atoms with Crippen molar-refractivity contribution in [1.29, 1.82) is 0 Å². The summed E-state index contributed by atoms with van der Waals surface area (Å²) in [6.07, 6.45) is 4.22. The molecule has 70 valence electrons. The molecule has 1 aliphatic carbocycles. The minimum atomic E-state index is 0.572. The molecule has 1 aromatic heterocycles. The van der Waals surface area contributed by atoms with E-state index in [0.29, 0.717) is 11.1 Å². The number of halogens is 1. The van der Waals surface area contributed by atoms with Crippen LogP contribution in [0.15, 0.2) is 18.3 Å². The highest BCUT2D eigenvalue weighted by atomic mass is 35.5. The first kappa shape index (κ1) is 8.82. The first-order valence-corrected chi connectivity index (χ1v) is 5.00. The van der Waals surface area contributed by atoms with Crippen molar-refractivity contribution in [2.75, 3.05) is 5.32 Å². The van der Waals surface area contributed by atoms with Crippen LogP contribution in [-0.4, -0.2) is 11.0 Å². The van der Waals surface area contributed by atoms with Gasteiger partial charge in [0.1, 0.15) is 5.82 Å². The predicted octanol–water partition coefficient (Wildman–Crippen LogP) is 2.95. The van der Waals surface area contributed by atoms with E-state index < -0.39 is 0 Å². The first-order valence-electron chi connectivity index (χ1n) is 4.63. The van der Waals surface area contributed by atoms with Gasteiger partial charge in [0.25, 0.3) is 0 Å². The lowest BCUT2D eigenvalue weighted by atomic mass is 9.82. The molecule has 0 atom stereocenters. The molecule has 2 nitrogen and oxygen atoms in total. The lowest BCUT2D eigenvalue weighted by Gasteiger charge is -2.33. The van der Waals surface area contributed by atoms with E-state index in [0.717, 1.165) is 11.7 Å². The maximum Gasteiger partial charge on any atom is 0.144 e. The van der Waals surface area contributed by atoms with Crippen molar-refractivity contribution in [3.8, 4) is 0 Å². The van der Waals surface area contributed by atoms with E-state index in [1.165, 1.54) is 12.8 Å². The van der Waals surface area contributed by atoms with E-state index in [1.54, 1.807) is 6.20 Å². The third-order valence-corrected chi connectivity index (χ3v) is 2.78. The van der Waals surface area contributed by atoms with Gasteiger partial charge in [-0.2, -0.15) is 0 Å². The summed E-state index contributed by atoms with van der Waals surface area (Å²) in [7, 11) is 0. The van der Waals surface area contributed by atoms with Crippen molar-refractivity contribution in [2.24, 2.45) is 5.92 Å². The van der Waals surface area contributed by atoms with Gasteiger partial charge < -0.3 is 5.32 Å². The second kappa shape index (κ2) is 3.54. The average molecular weight is 197 g/mol. The summed E-state index contributed by atoms with van der Waals surface area (Å²) >= 11 is 5.96. The van der Waals surface area contributed by atoms with Gasteiger partial charge in [-0.1, -0.05) is 18.5 Å². The van der Waals surface area contributed by atoms with Gasteiger partial charge in [0, 0.05) is 12.2 Å². The number of rotatable bonds is 2. The highest BCUT2D eigenvalue weighted by Crippen LogP contribution is 2.30. The van der Waals surface area contributed by atoms with Crippen LogP contribution in [0.2, 0.25) is 5.02 Å². The molecule has 0 aliphatic heterocycles. The summed E-state index contributed by atoms with van der Waals surface area (Å²) < 4.78 is 0. The van der Waals surface area contributed by atoms with E-state index in [-0.39, 0.29) is 0 Å². The van der Waals surface area contributed by atoms with Crippen LogP contribution in [0.25, 0.3) is 0 Å². The fourth-order valence-corrected chi connectivity index (χ4v) is 1.88. The highest BCUT2D eigenvalue weighted by Gasteiger charge is 2.25. The molecule has 1 aliphatic rings. The van der Waals surface area contributed by atoms with Crippen molar-refractivity contribution in [2.45, 2.75) is 25.8 Å². The van der Waals surface area contributed by atoms with Gasteiger partial charge in [-0.15, -0.1) is 0 Å². The van der Waals surface area contributed by atoms with Gasteiger partial charge >= 0.3 is 0 Å². The smallest absolute Gasteiger partial charge is 0.144 e. The second-order valence-electron chi connectivity index (χ2n) is 3.75. The van der Waals surface area contributed by atoms with Crippen molar-refractivity contribution >= 4 is 17.4 Å². The van der Waals surface area contributed by atoms with E-state index in [4.69, 9.17) is 11.6 Å². The van der Waals surface area contributed by atoms with Gasteiger partial charge in [-0.05, 0) is 30.9 Å². The van der Waals surface area contributed by atoms with Crippen LogP contribution in [-0.2, 0) is 0 Å². The Morgan fingerprint density at radius 3 is 2.92 bits per heavy atom. The van der Waals surface area contributed by atoms with Crippen LogP contribution in [0.5, 0.6) is 0 Å².